The Kier molecular flexibility index (Phi) is 64.2. The number of hydrogen-bond donors (Lipinski definition) is 3. The van der Waals surface area contributed by atoms with Gasteiger partial charge in [0.15, 0.2) is 12.2 Å². The molecule has 0 spiro atoms. The number of rotatable bonds is 67. The lowest BCUT2D eigenvalue weighted by atomic mass is 10.1. The van der Waals surface area contributed by atoms with E-state index in [0.29, 0.717) is 32.1 Å². The molecule has 19 heteroatoms. The maximum atomic E-state index is 13.0. The van der Waals surface area contributed by atoms with Gasteiger partial charge in [-0.2, -0.15) is 0 Å². The molecule has 17 nitrogen and oxygen atoms in total. The van der Waals surface area contributed by atoms with Gasteiger partial charge in [0.2, 0.25) is 0 Å². The van der Waals surface area contributed by atoms with Gasteiger partial charge in [0.25, 0.3) is 0 Å². The molecule has 94 heavy (non-hydrogen) atoms. The molecule has 0 fully saturated rings. The van der Waals surface area contributed by atoms with Crippen LogP contribution in [0.5, 0.6) is 0 Å². The third-order valence-electron chi connectivity index (χ3n) is 14.7. The third kappa shape index (κ3) is 66.3. The van der Waals surface area contributed by atoms with Crippen molar-refractivity contribution in [3.8, 4) is 0 Å². The van der Waals surface area contributed by atoms with Crippen LogP contribution in [-0.2, 0) is 65.4 Å². The summed E-state index contributed by atoms with van der Waals surface area (Å²) in [5, 5.41) is 10.6. The van der Waals surface area contributed by atoms with Crippen LogP contribution >= 0.6 is 15.6 Å². The van der Waals surface area contributed by atoms with Crippen LogP contribution < -0.4 is 0 Å². The predicted octanol–water partition coefficient (Wildman–Crippen LogP) is 20.2. The summed E-state index contributed by atoms with van der Waals surface area (Å²) in [6.07, 6.45) is 69.6. The Balaban J connectivity index is 5.38. The average molecular weight is 1360 g/mol. The molecule has 0 aliphatic carbocycles. The van der Waals surface area contributed by atoms with Crippen molar-refractivity contribution in [1.82, 2.24) is 0 Å². The SMILES string of the molecule is CC/C=C\C/C=C\C/C=C\C/C=C\C/C=C\CCCC(=O)OCC(COP(=O)(O)OCC(O)COP(=O)(O)OCC(COC(=O)CCCCCCC/C=C\C/C=C\CCC)OC(=O)CCCCCCC/C=C\CCCC)OC(=O)CCCCCCC/C=C\CCCCCC. The highest BCUT2D eigenvalue weighted by Crippen LogP contribution is 2.45. The molecule has 0 aromatic rings. The molecule has 0 aliphatic rings. The van der Waals surface area contributed by atoms with E-state index in [4.69, 9.17) is 37.0 Å². The molecular weight excluding hydrogens is 1230 g/mol. The Hall–Kier alpha value is -4.28. The summed E-state index contributed by atoms with van der Waals surface area (Å²) < 4.78 is 68.2. The summed E-state index contributed by atoms with van der Waals surface area (Å²) in [4.78, 5) is 72.6. The first kappa shape index (κ1) is 89.7. The first-order valence-electron chi connectivity index (χ1n) is 36.1. The van der Waals surface area contributed by atoms with Crippen LogP contribution in [0, 0.1) is 0 Å². The largest absolute Gasteiger partial charge is 0.472 e. The van der Waals surface area contributed by atoms with Crippen LogP contribution in [0.25, 0.3) is 0 Å². The van der Waals surface area contributed by atoms with E-state index in [1.807, 2.05) is 12.2 Å². The fraction of sp³-hybridized carbons (Fsp3) is 0.707. The van der Waals surface area contributed by atoms with Gasteiger partial charge in [0.1, 0.15) is 19.3 Å². The van der Waals surface area contributed by atoms with Gasteiger partial charge in [0, 0.05) is 25.7 Å². The van der Waals surface area contributed by atoms with Crippen LogP contribution in [-0.4, -0.2) is 96.7 Å². The van der Waals surface area contributed by atoms with Gasteiger partial charge in [-0.25, -0.2) is 9.13 Å². The summed E-state index contributed by atoms with van der Waals surface area (Å²) >= 11 is 0. The predicted molar refractivity (Wildman–Crippen MR) is 381 cm³/mol. The van der Waals surface area contributed by atoms with Gasteiger partial charge in [-0.1, -0.05) is 233 Å². The molecule has 0 heterocycles. The zero-order valence-corrected chi connectivity index (χ0v) is 60.4. The van der Waals surface area contributed by atoms with Crippen molar-refractivity contribution in [3.05, 3.63) is 109 Å². The zero-order chi connectivity index (χ0) is 69.0. The van der Waals surface area contributed by atoms with Crippen LogP contribution in [0.2, 0.25) is 0 Å². The molecule has 540 valence electrons. The molecule has 0 aliphatic heterocycles. The minimum absolute atomic E-state index is 0.0711. The lowest BCUT2D eigenvalue weighted by Gasteiger charge is -2.21. The molecule has 0 saturated carbocycles. The van der Waals surface area contributed by atoms with Crippen molar-refractivity contribution in [2.24, 2.45) is 0 Å². The second-order valence-electron chi connectivity index (χ2n) is 23.8. The van der Waals surface area contributed by atoms with E-state index < -0.39 is 97.5 Å². The minimum atomic E-state index is -4.98. The molecule has 3 N–H and O–H groups in total. The number of ether oxygens (including phenoxy) is 4. The van der Waals surface area contributed by atoms with Crippen molar-refractivity contribution in [3.63, 3.8) is 0 Å². The molecular formula is C75H128O17P2. The molecule has 0 radical (unpaired) electrons. The Morgan fingerprint density at radius 1 is 0.309 bits per heavy atom. The third-order valence-corrected chi connectivity index (χ3v) is 16.6. The summed E-state index contributed by atoms with van der Waals surface area (Å²) in [5.74, 6) is -2.28. The molecule has 0 aromatic heterocycles. The van der Waals surface area contributed by atoms with E-state index in [0.717, 1.165) is 161 Å². The number of aliphatic hydroxyl groups excluding tert-OH is 1. The van der Waals surface area contributed by atoms with Crippen LogP contribution in [0.4, 0.5) is 0 Å². The zero-order valence-electron chi connectivity index (χ0n) is 58.6. The maximum absolute atomic E-state index is 13.0. The lowest BCUT2D eigenvalue weighted by Crippen LogP contribution is -2.30. The van der Waals surface area contributed by atoms with Crippen molar-refractivity contribution < 1.29 is 80.2 Å². The van der Waals surface area contributed by atoms with Crippen molar-refractivity contribution in [2.45, 2.75) is 303 Å². The molecule has 0 bridgehead atoms. The standard InChI is InChI=1S/C75H128O17P2/c1-5-9-13-17-21-25-29-32-33-34-35-38-41-44-48-52-56-60-73(78)86-66-71(92-75(80)62-58-54-50-46-42-37-31-27-23-19-15-11-7-3)68-90-94(83,84)88-64-69(76)63-87-93(81,82)89-67-70(91-74(79)61-57-53-49-45-39-28-24-20-16-12-8-4)65-85-72(77)59-55-51-47-43-40-36-30-26-22-18-14-10-6-2/h9,13-14,18,20-21,24-27,30-33,35,38,44,48,69-71,76H,5-8,10-12,15-17,19,22-23,28-29,34,36-37,39-43,45-47,49-68H2,1-4H3,(H,81,82)(H,83,84)/b13-9-,18-14-,24-20-,25-21-,30-26-,31-27-,33-32-,38-35-,48-44-. The van der Waals surface area contributed by atoms with E-state index in [9.17, 15) is 43.2 Å². The normalized spacial score (nSPS) is 14.7. The van der Waals surface area contributed by atoms with E-state index in [-0.39, 0.29) is 25.7 Å². The number of aliphatic hydroxyl groups is 1. The Labute approximate surface area is 569 Å². The molecule has 0 aromatic carbocycles. The van der Waals surface area contributed by atoms with Gasteiger partial charge in [-0.15, -0.1) is 0 Å². The molecule has 5 atom stereocenters. The van der Waals surface area contributed by atoms with Crippen LogP contribution in [0.3, 0.4) is 0 Å². The summed E-state index contributed by atoms with van der Waals surface area (Å²) in [6.45, 7) is 4.52. The second-order valence-corrected chi connectivity index (χ2v) is 26.7. The number of allylic oxidation sites excluding steroid dienone is 18. The van der Waals surface area contributed by atoms with Gasteiger partial charge in [-0.3, -0.25) is 37.3 Å². The Morgan fingerprint density at radius 3 is 0.979 bits per heavy atom. The number of unbranched alkanes of at least 4 members (excludes halogenated alkanes) is 23. The van der Waals surface area contributed by atoms with Gasteiger partial charge in [0.05, 0.1) is 26.4 Å². The highest BCUT2D eigenvalue weighted by Gasteiger charge is 2.30. The number of carbonyl (C=O) groups excluding carboxylic acids is 4. The average Bonchev–Trinajstić information content (AvgIpc) is 2.15. The molecule has 5 unspecified atom stereocenters. The minimum Gasteiger partial charge on any atom is -0.462 e. The fourth-order valence-electron chi connectivity index (χ4n) is 9.15. The summed E-state index contributed by atoms with van der Waals surface area (Å²) in [6, 6.07) is 0. The van der Waals surface area contributed by atoms with Gasteiger partial charge >= 0.3 is 39.5 Å². The second kappa shape index (κ2) is 67.3. The van der Waals surface area contributed by atoms with E-state index in [1.165, 1.54) is 38.5 Å². The number of carbonyl (C=O) groups is 4. The first-order chi connectivity index (χ1) is 45.7. The topological polar surface area (TPSA) is 237 Å². The first-order valence-corrected chi connectivity index (χ1v) is 39.1. The van der Waals surface area contributed by atoms with Crippen molar-refractivity contribution >= 4 is 39.5 Å². The van der Waals surface area contributed by atoms with Gasteiger partial charge < -0.3 is 33.8 Å². The summed E-state index contributed by atoms with van der Waals surface area (Å²) in [5.41, 5.74) is 0. The highest BCUT2D eigenvalue weighted by atomic mass is 31.2. The van der Waals surface area contributed by atoms with Crippen LogP contribution in [0.15, 0.2) is 109 Å². The Morgan fingerprint density at radius 2 is 0.596 bits per heavy atom. The number of phosphoric ester groups is 2. The fourth-order valence-corrected chi connectivity index (χ4v) is 10.7. The summed E-state index contributed by atoms with van der Waals surface area (Å²) in [7, 11) is -9.96. The molecule has 0 rings (SSSR count). The molecule has 0 saturated heterocycles. The quantitative estimate of drug-likeness (QED) is 0.0169. The highest BCUT2D eigenvalue weighted by molar-refractivity contribution is 7.47. The Bertz CT molecular complexity index is 2220. The van der Waals surface area contributed by atoms with Gasteiger partial charge in [-0.05, 0) is 135 Å². The van der Waals surface area contributed by atoms with Crippen LogP contribution in [0.1, 0.15) is 285 Å². The number of hydrogen-bond acceptors (Lipinski definition) is 15. The van der Waals surface area contributed by atoms with E-state index in [2.05, 4.69) is 125 Å². The maximum Gasteiger partial charge on any atom is 0.472 e. The van der Waals surface area contributed by atoms with E-state index >= 15 is 0 Å². The lowest BCUT2D eigenvalue weighted by molar-refractivity contribution is -0.161. The number of phosphoric acid groups is 2. The smallest absolute Gasteiger partial charge is 0.462 e. The van der Waals surface area contributed by atoms with Crippen molar-refractivity contribution in [1.29, 1.82) is 0 Å². The molecule has 0 amide bonds. The number of esters is 4. The van der Waals surface area contributed by atoms with E-state index in [1.54, 1.807) is 0 Å². The monoisotopic (exact) mass is 1360 g/mol. The van der Waals surface area contributed by atoms with Crippen molar-refractivity contribution in [2.75, 3.05) is 39.6 Å².